The van der Waals surface area contributed by atoms with Crippen LogP contribution in [0.3, 0.4) is 0 Å². The molecule has 0 atom stereocenters. The number of pyridine rings is 1. The predicted octanol–water partition coefficient (Wildman–Crippen LogP) is 9.93. The summed E-state index contributed by atoms with van der Waals surface area (Å²) in [4.78, 5) is 16.8. The van der Waals surface area contributed by atoms with Gasteiger partial charge in [-0.25, -0.2) is 0 Å². The molecule has 3 nitrogen and oxygen atoms in total. The quantitative estimate of drug-likeness (QED) is 0.0573. The van der Waals surface area contributed by atoms with Gasteiger partial charge in [-0.05, 0) is 22.9 Å². The van der Waals surface area contributed by atoms with Gasteiger partial charge < -0.3 is 5.11 Å². The van der Waals surface area contributed by atoms with Crippen molar-refractivity contribution in [3.05, 3.63) is 157 Å². The molecule has 0 saturated heterocycles. The fourth-order valence-corrected chi connectivity index (χ4v) is 7.49. The molecule has 245 valence electrons. The van der Waals surface area contributed by atoms with Crippen LogP contribution in [0.2, 0.25) is 39.3 Å². The Morgan fingerprint density at radius 3 is 1.75 bits per heavy atom. The molecular weight excluding hydrogens is 799 g/mol. The predicted molar refractivity (Wildman–Crippen MR) is 205 cm³/mol. The number of fused-ring (bicyclic) bond motifs is 1. The number of benzene rings is 5. The van der Waals surface area contributed by atoms with Crippen molar-refractivity contribution < 1.29 is 30.0 Å². The number of nitrogens with zero attached hydrogens (tertiary/aromatic N) is 1. The molecule has 6 rings (SSSR count). The zero-order valence-electron chi connectivity index (χ0n) is 28.4. The summed E-state index contributed by atoms with van der Waals surface area (Å²) in [6.45, 7) is 14.3. The van der Waals surface area contributed by atoms with Crippen molar-refractivity contribution in [1.82, 2.24) is 4.98 Å². The number of ketones is 1. The maximum atomic E-state index is 11.8. The number of allylic oxidation sites excluding steroid dienone is 1. The van der Waals surface area contributed by atoms with E-state index in [0.717, 1.165) is 16.8 Å². The van der Waals surface area contributed by atoms with Crippen LogP contribution < -0.4 is 10.4 Å². The van der Waals surface area contributed by atoms with Crippen LogP contribution in [0.5, 0.6) is 0 Å². The fraction of sp³-hybridized carbons (Fsp3) is 0.143. The smallest absolute Gasteiger partial charge is 0.189 e. The van der Waals surface area contributed by atoms with Crippen molar-refractivity contribution in [3.8, 4) is 22.4 Å². The van der Waals surface area contributed by atoms with E-state index in [-0.39, 0.29) is 31.6 Å². The first-order valence-corrected chi connectivity index (χ1v) is 23.0. The Morgan fingerprint density at radius 1 is 0.667 bits per heavy atom. The summed E-state index contributed by atoms with van der Waals surface area (Å²) >= 11 is 0. The molecular formula is C42H42IrNO2Si2-. The zero-order valence-corrected chi connectivity index (χ0v) is 32.8. The topological polar surface area (TPSA) is 50.2 Å². The summed E-state index contributed by atoms with van der Waals surface area (Å²) in [5.74, 6) is -0.216. The first kappa shape index (κ1) is 36.6. The number of hydrogen-bond donors (Lipinski definition) is 1. The van der Waals surface area contributed by atoms with Gasteiger partial charge >= 0.3 is 0 Å². The molecule has 0 fully saturated rings. The summed E-state index contributed by atoms with van der Waals surface area (Å²) in [6, 6.07) is 47.8. The molecule has 1 radical (unpaired) electrons. The van der Waals surface area contributed by atoms with Gasteiger partial charge in [0, 0.05) is 50.8 Å². The summed E-state index contributed by atoms with van der Waals surface area (Å²) in [7, 11) is -2.74. The number of carbonyl (C=O) groups is 1. The van der Waals surface area contributed by atoms with Gasteiger partial charge in [0.1, 0.15) is 5.76 Å². The van der Waals surface area contributed by atoms with E-state index >= 15 is 0 Å². The average Bonchev–Trinajstić information content (AvgIpc) is 3.08. The molecule has 1 N–H and O–H groups in total. The van der Waals surface area contributed by atoms with Gasteiger partial charge in [-0.1, -0.05) is 154 Å². The summed E-state index contributed by atoms with van der Waals surface area (Å²) in [5, 5.41) is 13.9. The Bertz CT molecular complexity index is 2000. The fourth-order valence-electron chi connectivity index (χ4n) is 5.24. The van der Waals surface area contributed by atoms with E-state index in [1.165, 1.54) is 33.0 Å². The molecule has 1 aromatic heterocycles. The molecule has 0 aliphatic heterocycles. The van der Waals surface area contributed by atoms with Crippen molar-refractivity contribution >= 4 is 49.0 Å². The van der Waals surface area contributed by atoms with Gasteiger partial charge in [-0.2, -0.15) is 0 Å². The molecule has 48 heavy (non-hydrogen) atoms. The van der Waals surface area contributed by atoms with Crippen LogP contribution in [0.15, 0.2) is 140 Å². The maximum Gasteiger partial charge on any atom is 0.189 e. The number of aliphatic hydroxyl groups excluding tert-OH is 1. The Hall–Kier alpha value is -4.20. The molecule has 0 bridgehead atoms. The Balaban J connectivity index is 0.000000246. The van der Waals surface area contributed by atoms with Crippen LogP contribution in [0.4, 0.5) is 0 Å². The third kappa shape index (κ3) is 9.24. The summed E-state index contributed by atoms with van der Waals surface area (Å²) in [5.41, 5.74) is 6.79. The van der Waals surface area contributed by atoms with Gasteiger partial charge in [-0.3, -0.25) is 9.78 Å². The van der Waals surface area contributed by atoms with Crippen molar-refractivity contribution in [1.29, 1.82) is 0 Å². The number of aliphatic hydroxyl groups is 1. The Morgan fingerprint density at radius 2 is 1.21 bits per heavy atom. The van der Waals surface area contributed by atoms with Crippen LogP contribution >= 0.6 is 0 Å². The Kier molecular flexibility index (Phi) is 12.1. The monoisotopic (exact) mass is 841 g/mol. The number of rotatable bonds is 7. The molecule has 6 aromatic rings. The minimum absolute atomic E-state index is 0. The van der Waals surface area contributed by atoms with Crippen LogP contribution in [-0.4, -0.2) is 32.0 Å². The number of aromatic nitrogens is 1. The maximum absolute atomic E-state index is 11.8. The van der Waals surface area contributed by atoms with E-state index < -0.39 is 16.1 Å². The van der Waals surface area contributed by atoms with Crippen LogP contribution in [-0.2, 0) is 20.1 Å². The first-order chi connectivity index (χ1) is 22.4. The van der Waals surface area contributed by atoms with Gasteiger partial charge in [-0.15, -0.1) is 35.0 Å². The minimum Gasteiger partial charge on any atom is -0.507 e. The largest absolute Gasteiger partial charge is 0.507 e. The number of hydrogen-bond acceptors (Lipinski definition) is 3. The van der Waals surface area contributed by atoms with Gasteiger partial charge in [0.05, 0.1) is 13.6 Å². The molecule has 0 aliphatic rings. The van der Waals surface area contributed by atoms with E-state index in [4.69, 9.17) is 4.98 Å². The molecule has 5 aromatic carbocycles. The molecule has 0 saturated carbocycles. The molecule has 0 amide bonds. The summed E-state index contributed by atoms with van der Waals surface area (Å²) < 4.78 is 0. The van der Waals surface area contributed by atoms with Crippen molar-refractivity contribution in [2.45, 2.75) is 39.3 Å². The standard InChI is InChI=1S/C27H30NSi2.C15H12O2.Ir/c1-29(2,3)22-14-12-21(13-15-22)27-19-24(20-10-8-7-9-11-20)25-18-23(30(4,5)6)16-17-26(25)28-27;16-14(12-7-3-1-4-8-12)11-15(17)13-9-5-2-6-10-13;/h7-12,14-19H,1-6H3;1-11,16H;/q-1;;/b;14-11-;. The third-order valence-corrected chi connectivity index (χ3v) is 12.2. The van der Waals surface area contributed by atoms with Crippen molar-refractivity contribution in [3.63, 3.8) is 0 Å². The van der Waals surface area contributed by atoms with Crippen LogP contribution in [0.25, 0.3) is 39.0 Å². The van der Waals surface area contributed by atoms with Crippen LogP contribution in [0.1, 0.15) is 15.9 Å². The minimum atomic E-state index is -1.41. The second kappa shape index (κ2) is 15.8. The summed E-state index contributed by atoms with van der Waals surface area (Å²) in [6.07, 6.45) is 1.24. The second-order valence-corrected chi connectivity index (χ2v) is 23.9. The van der Waals surface area contributed by atoms with Crippen LogP contribution in [0, 0.1) is 6.07 Å². The number of carbonyl (C=O) groups excluding carboxylic acids is 1. The average molecular weight is 841 g/mol. The van der Waals surface area contributed by atoms with Gasteiger partial charge in [0.2, 0.25) is 0 Å². The van der Waals surface area contributed by atoms with Gasteiger partial charge in [0.15, 0.2) is 5.78 Å². The van der Waals surface area contributed by atoms with E-state index in [2.05, 4.69) is 118 Å². The van der Waals surface area contributed by atoms with Gasteiger partial charge in [0.25, 0.3) is 0 Å². The van der Waals surface area contributed by atoms with E-state index in [1.54, 1.807) is 36.4 Å². The van der Waals surface area contributed by atoms with Crippen molar-refractivity contribution in [2.75, 3.05) is 0 Å². The molecule has 0 aliphatic carbocycles. The van der Waals surface area contributed by atoms with Crippen molar-refractivity contribution in [2.24, 2.45) is 0 Å². The van der Waals surface area contributed by atoms with E-state index in [0.29, 0.717) is 11.1 Å². The third-order valence-electron chi connectivity index (χ3n) is 8.11. The molecule has 0 unspecified atom stereocenters. The molecule has 1 heterocycles. The van der Waals surface area contributed by atoms with E-state index in [9.17, 15) is 9.90 Å². The first-order valence-electron chi connectivity index (χ1n) is 16.0. The molecule has 0 spiro atoms. The normalized spacial score (nSPS) is 11.7. The Labute approximate surface area is 300 Å². The van der Waals surface area contributed by atoms with E-state index in [1.807, 2.05) is 24.3 Å². The SMILES string of the molecule is C[Si](C)(C)c1c[c-]c(-c2cc(-c3ccccc3)c3cc([Si](C)(C)C)ccc3n2)cc1.O=C(/C=C(\O)c1ccccc1)c1ccccc1.[Ir]. The zero-order chi connectivity index (χ0) is 33.6. The second-order valence-electron chi connectivity index (χ2n) is 13.8. The molecule has 6 heteroatoms.